The quantitative estimate of drug-likeness (QED) is 0.0526. The van der Waals surface area contributed by atoms with Gasteiger partial charge in [0.2, 0.25) is 5.75 Å². The van der Waals surface area contributed by atoms with Crippen LogP contribution >= 0.6 is 60.7 Å². The second-order valence-electron chi connectivity index (χ2n) is 7.08. The number of halogens is 5. The van der Waals surface area contributed by atoms with Crippen molar-refractivity contribution in [2.45, 2.75) is 24.5 Å². The summed E-state index contributed by atoms with van der Waals surface area (Å²) in [6, 6.07) is 1.70. The molecule has 3 rings (SSSR count). The number of hydrogen-bond donors (Lipinski definition) is 7. The van der Waals surface area contributed by atoms with Gasteiger partial charge in [0.05, 0.1) is 81.0 Å². The molecule has 7 N–H and O–H groups in total. The fourth-order valence-corrected chi connectivity index (χ4v) is 5.61. The largest absolute Gasteiger partial charge is 0.504 e. The fourth-order valence-electron chi connectivity index (χ4n) is 3.06. The average Bonchev–Trinajstić information content (AvgIpc) is 2.93. The van der Waals surface area contributed by atoms with E-state index in [0.29, 0.717) is 18.2 Å². The first-order valence-electron chi connectivity index (χ1n) is 9.68. The lowest BCUT2D eigenvalue weighted by molar-refractivity contribution is 0.0723. The Hall–Kier alpha value is -3.20. The molecule has 0 saturated carbocycles. The van der Waals surface area contributed by atoms with E-state index in [1.807, 2.05) is 5.32 Å². The Morgan fingerprint density at radius 3 is 1.60 bits per heavy atom. The molecule has 3 aromatic carbocycles. The second-order valence-corrected chi connectivity index (χ2v) is 9.90. The summed E-state index contributed by atoms with van der Waals surface area (Å²) in [5, 5.41) is 60.0. The van der Waals surface area contributed by atoms with Gasteiger partial charge < -0.3 is 40.7 Å². The van der Waals surface area contributed by atoms with Crippen LogP contribution in [0.2, 0.25) is 0 Å². The Kier molecular flexibility index (Phi) is 10.2. The van der Waals surface area contributed by atoms with Crippen molar-refractivity contribution in [1.82, 2.24) is 0 Å². The van der Waals surface area contributed by atoms with Crippen molar-refractivity contribution in [2.24, 2.45) is 0 Å². The number of rotatable bonds is 9. The topological polar surface area (TPSA) is 177 Å². The van der Waals surface area contributed by atoms with E-state index in [1.54, 1.807) is 0 Å². The van der Waals surface area contributed by atoms with Crippen LogP contribution in [0.15, 0.2) is 42.7 Å². The highest BCUT2D eigenvalue weighted by Gasteiger charge is 2.33. The molecule has 0 saturated heterocycles. The lowest BCUT2D eigenvalue weighted by Crippen LogP contribution is -2.17. The third kappa shape index (κ3) is 5.80. The van der Waals surface area contributed by atoms with Gasteiger partial charge in [-0.1, -0.05) is 0 Å². The minimum absolute atomic E-state index is 0.434. The SMILES string of the molecule is O=C(Nc1c(OC(=O)c2cc(O)c(O)c(O)c2SF)c(SF)c(SF)c(SF)c1SF)c1cc(O)c(O)c(O)c1. The number of benzene rings is 3. The number of carbonyl (C=O) groups is 2. The van der Waals surface area contributed by atoms with E-state index < -0.39 is 154 Å². The summed E-state index contributed by atoms with van der Waals surface area (Å²) in [5.74, 6) is -10.8. The molecule has 0 spiro atoms. The number of hydrogen-bond acceptors (Lipinski definition) is 14. The van der Waals surface area contributed by atoms with E-state index in [2.05, 4.69) is 0 Å². The summed E-state index contributed by atoms with van der Waals surface area (Å²) in [5.41, 5.74) is -2.58. The lowest BCUT2D eigenvalue weighted by atomic mass is 10.1. The van der Waals surface area contributed by atoms with E-state index in [4.69, 9.17) is 4.74 Å². The predicted octanol–water partition coefficient (Wildman–Crippen LogP) is 7.27. The van der Waals surface area contributed by atoms with Gasteiger partial charge in [0, 0.05) is 5.56 Å². The first kappa shape index (κ1) is 31.3. The number of esters is 1. The van der Waals surface area contributed by atoms with Crippen LogP contribution in [0, 0.1) is 0 Å². The molecule has 0 aromatic heterocycles. The molecule has 0 atom stereocenters. The van der Waals surface area contributed by atoms with Crippen LogP contribution < -0.4 is 10.1 Å². The molecule has 0 fully saturated rings. The van der Waals surface area contributed by atoms with Crippen LogP contribution in [0.5, 0.6) is 40.2 Å². The molecule has 1 amide bonds. The Labute approximate surface area is 241 Å². The first-order valence-corrected chi connectivity index (χ1v) is 13.3. The van der Waals surface area contributed by atoms with Gasteiger partial charge >= 0.3 is 5.97 Å². The Bertz CT molecular complexity index is 1490. The molecular weight excluding hydrogens is 654 g/mol. The van der Waals surface area contributed by atoms with Crippen molar-refractivity contribution < 1.29 is 64.4 Å². The fraction of sp³-hybridized carbons (Fsp3) is 0. The van der Waals surface area contributed by atoms with Gasteiger partial charge in [-0.3, -0.25) is 4.79 Å². The van der Waals surface area contributed by atoms with Crippen molar-refractivity contribution >= 4 is 78.3 Å². The number of anilines is 1. The molecule has 0 aliphatic rings. The number of carbonyl (C=O) groups excluding carboxylic acids is 2. The monoisotopic (exact) mass is 663 g/mol. The summed E-state index contributed by atoms with van der Waals surface area (Å²) in [6.45, 7) is 0. The number of nitrogens with one attached hydrogen (secondary N) is 1. The van der Waals surface area contributed by atoms with E-state index in [-0.39, 0.29) is 0 Å². The number of ether oxygens (including phenoxy) is 1. The minimum Gasteiger partial charge on any atom is -0.504 e. The third-order valence-electron chi connectivity index (χ3n) is 4.86. The summed E-state index contributed by atoms with van der Waals surface area (Å²) < 4.78 is 74.3. The van der Waals surface area contributed by atoms with Gasteiger partial charge in [0.1, 0.15) is 15.5 Å². The molecule has 0 aliphatic carbocycles. The molecule has 0 bridgehead atoms. The Morgan fingerprint density at radius 1 is 0.625 bits per heavy atom. The smallest absolute Gasteiger partial charge is 0.345 e. The Morgan fingerprint density at radius 2 is 1.10 bits per heavy atom. The maximum absolute atomic E-state index is 14.1. The summed E-state index contributed by atoms with van der Waals surface area (Å²) >= 11 is -4.00. The molecule has 20 heteroatoms. The molecule has 0 aliphatic heterocycles. The first-order chi connectivity index (χ1) is 18.9. The average molecular weight is 664 g/mol. The summed E-state index contributed by atoms with van der Waals surface area (Å²) in [4.78, 5) is 21.0. The number of amides is 1. The summed E-state index contributed by atoms with van der Waals surface area (Å²) in [7, 11) is 0. The standard InChI is InChI=1S/C20H10F5NO9S5/c21-36-14-5(3-8(29)11(31)12(14)32)20(34)35-13-9(15(37-22)17(39-24)18(40-25)16(13)38-23)26-19(33)4-1-6(27)10(30)7(28)2-4/h1-3,27-32H,(H,26,33). The minimum atomic E-state index is -1.72. The zero-order valence-electron chi connectivity index (χ0n) is 18.6. The highest BCUT2D eigenvalue weighted by molar-refractivity contribution is 8.00. The summed E-state index contributed by atoms with van der Waals surface area (Å²) in [6.07, 6.45) is 0. The molecule has 0 radical (unpaired) electrons. The maximum atomic E-state index is 14.1. The van der Waals surface area contributed by atoms with E-state index in [9.17, 15) is 59.7 Å². The van der Waals surface area contributed by atoms with E-state index >= 15 is 0 Å². The van der Waals surface area contributed by atoms with Gasteiger partial charge in [0.15, 0.2) is 34.5 Å². The van der Waals surface area contributed by atoms with Crippen molar-refractivity contribution in [3.05, 3.63) is 29.3 Å². The number of phenolic OH excluding ortho intramolecular Hbond substituents is 6. The molecule has 3 aromatic rings. The molecule has 0 heterocycles. The zero-order chi connectivity index (χ0) is 29.9. The molecular formula is C20H10F5NO9S5. The lowest BCUT2D eigenvalue weighted by Gasteiger charge is -2.20. The molecule has 10 nitrogen and oxygen atoms in total. The van der Waals surface area contributed by atoms with Gasteiger partial charge in [-0.15, -0.1) is 0 Å². The highest BCUT2D eigenvalue weighted by Crippen LogP contribution is 2.55. The van der Waals surface area contributed by atoms with Crippen LogP contribution in [0.1, 0.15) is 20.7 Å². The van der Waals surface area contributed by atoms with Crippen molar-refractivity contribution in [2.75, 3.05) is 5.32 Å². The van der Waals surface area contributed by atoms with Crippen LogP contribution in [0.4, 0.5) is 25.1 Å². The van der Waals surface area contributed by atoms with Gasteiger partial charge in [-0.2, -0.15) is 19.4 Å². The number of phenols is 6. The second kappa shape index (κ2) is 13.0. The van der Waals surface area contributed by atoms with Crippen LogP contribution in [0.25, 0.3) is 0 Å². The van der Waals surface area contributed by atoms with E-state index in [1.165, 1.54) is 0 Å². The highest BCUT2D eigenvalue weighted by atomic mass is 32.2. The van der Waals surface area contributed by atoms with Gasteiger partial charge in [-0.25, -0.2) is 4.79 Å². The van der Waals surface area contributed by atoms with Crippen LogP contribution in [-0.2, 0) is 0 Å². The van der Waals surface area contributed by atoms with Gasteiger partial charge in [0.25, 0.3) is 5.91 Å². The predicted molar refractivity (Wildman–Crippen MR) is 137 cm³/mol. The third-order valence-corrected chi connectivity index (χ3v) is 8.04. The van der Waals surface area contributed by atoms with Crippen molar-refractivity contribution in [3.63, 3.8) is 0 Å². The Balaban J connectivity index is 2.27. The van der Waals surface area contributed by atoms with Crippen LogP contribution in [0.3, 0.4) is 0 Å². The number of aromatic hydroxyl groups is 6. The van der Waals surface area contributed by atoms with Crippen LogP contribution in [-0.4, -0.2) is 42.5 Å². The molecule has 214 valence electrons. The van der Waals surface area contributed by atoms with Gasteiger partial charge in [-0.05, 0) is 18.2 Å². The van der Waals surface area contributed by atoms with Crippen molar-refractivity contribution in [1.29, 1.82) is 0 Å². The normalized spacial score (nSPS) is 10.9. The van der Waals surface area contributed by atoms with Crippen molar-refractivity contribution in [3.8, 4) is 40.2 Å². The molecule has 40 heavy (non-hydrogen) atoms. The zero-order valence-corrected chi connectivity index (χ0v) is 22.7. The maximum Gasteiger partial charge on any atom is 0.345 e. The molecule has 0 unspecified atom stereocenters. The van der Waals surface area contributed by atoms with E-state index in [0.717, 1.165) is 0 Å².